The molecule has 0 saturated carbocycles. The second-order valence-electron chi connectivity index (χ2n) is 9.43. The molecule has 1 amide bonds. The summed E-state index contributed by atoms with van der Waals surface area (Å²) >= 11 is 6.06. The minimum atomic E-state index is -0.212. The quantitative estimate of drug-likeness (QED) is 0.407. The van der Waals surface area contributed by atoms with Crippen molar-refractivity contribution in [2.24, 2.45) is 5.92 Å². The van der Waals surface area contributed by atoms with Gasteiger partial charge in [0.25, 0.3) is 5.56 Å². The molecule has 0 radical (unpaired) electrons. The van der Waals surface area contributed by atoms with Gasteiger partial charge in [-0.2, -0.15) is 0 Å². The normalized spacial score (nSPS) is 15.7. The molecular formula is C29H29ClN4O2. The van der Waals surface area contributed by atoms with Crippen molar-refractivity contribution in [3.8, 4) is 0 Å². The number of hydrogen-bond acceptors (Lipinski definition) is 4. The van der Waals surface area contributed by atoms with E-state index in [-0.39, 0.29) is 17.4 Å². The van der Waals surface area contributed by atoms with Crippen LogP contribution in [0.1, 0.15) is 29.5 Å². The first-order chi connectivity index (χ1) is 17.5. The number of nitrogens with one attached hydrogen (secondary N) is 1. The van der Waals surface area contributed by atoms with Crippen LogP contribution < -0.4 is 15.8 Å². The molecule has 1 fully saturated rings. The number of piperidine rings is 1. The average Bonchev–Trinajstić information content (AvgIpc) is 2.90. The molecule has 7 heteroatoms. The van der Waals surface area contributed by atoms with E-state index in [4.69, 9.17) is 16.6 Å². The van der Waals surface area contributed by atoms with E-state index in [0.717, 1.165) is 35.0 Å². The van der Waals surface area contributed by atoms with E-state index in [1.165, 1.54) is 5.56 Å². The van der Waals surface area contributed by atoms with Gasteiger partial charge in [0.15, 0.2) is 5.82 Å². The molecule has 0 aliphatic carbocycles. The molecule has 1 aliphatic rings. The van der Waals surface area contributed by atoms with Gasteiger partial charge in [0, 0.05) is 24.7 Å². The number of fused-ring (bicyclic) bond motifs is 1. The molecule has 36 heavy (non-hydrogen) atoms. The van der Waals surface area contributed by atoms with E-state index in [1.54, 1.807) is 4.57 Å². The number of benzene rings is 3. The number of carbonyl (C=O) groups excluding carboxylic acids is 1. The van der Waals surface area contributed by atoms with Crippen molar-refractivity contribution in [3.05, 3.63) is 105 Å². The van der Waals surface area contributed by atoms with Crippen LogP contribution in [0.25, 0.3) is 11.0 Å². The van der Waals surface area contributed by atoms with Crippen molar-refractivity contribution >= 4 is 34.4 Å². The molecule has 5 rings (SSSR count). The lowest BCUT2D eigenvalue weighted by atomic mass is 9.97. The number of rotatable bonds is 6. The van der Waals surface area contributed by atoms with Crippen LogP contribution in [0.4, 0.5) is 5.82 Å². The number of aromatic nitrogens is 2. The largest absolute Gasteiger partial charge is 0.352 e. The summed E-state index contributed by atoms with van der Waals surface area (Å²) in [6.07, 6.45) is 1.60. The lowest BCUT2D eigenvalue weighted by Crippen LogP contribution is -2.45. The van der Waals surface area contributed by atoms with Crippen molar-refractivity contribution in [3.63, 3.8) is 0 Å². The highest BCUT2D eigenvalue weighted by Crippen LogP contribution is 2.23. The van der Waals surface area contributed by atoms with E-state index < -0.39 is 0 Å². The zero-order valence-electron chi connectivity index (χ0n) is 20.3. The van der Waals surface area contributed by atoms with Crippen LogP contribution in [0.15, 0.2) is 77.6 Å². The lowest BCUT2D eigenvalue weighted by molar-refractivity contribution is -0.125. The van der Waals surface area contributed by atoms with Gasteiger partial charge in [-0.05, 0) is 55.2 Å². The predicted molar refractivity (Wildman–Crippen MR) is 145 cm³/mol. The summed E-state index contributed by atoms with van der Waals surface area (Å²) in [5.74, 6) is 0.185. The first kappa shape index (κ1) is 24.1. The number of hydrogen-bond donors (Lipinski definition) is 1. The molecule has 3 aromatic carbocycles. The summed E-state index contributed by atoms with van der Waals surface area (Å²) in [5, 5.41) is 3.68. The summed E-state index contributed by atoms with van der Waals surface area (Å²) in [6.45, 7) is 4.10. The van der Waals surface area contributed by atoms with Gasteiger partial charge in [0.05, 0.1) is 23.5 Å². The summed E-state index contributed by atoms with van der Waals surface area (Å²) in [7, 11) is 0. The second-order valence-corrected chi connectivity index (χ2v) is 9.87. The second kappa shape index (κ2) is 10.5. The number of nitrogens with zero attached hydrogens (tertiary/aromatic N) is 3. The molecule has 0 spiro atoms. The van der Waals surface area contributed by atoms with Gasteiger partial charge in [-0.15, -0.1) is 0 Å². The molecule has 1 unspecified atom stereocenters. The molecule has 1 aromatic heterocycles. The van der Waals surface area contributed by atoms with Crippen LogP contribution in [-0.4, -0.2) is 28.5 Å². The Morgan fingerprint density at radius 3 is 2.67 bits per heavy atom. The molecular weight excluding hydrogens is 472 g/mol. The Balaban J connectivity index is 1.39. The van der Waals surface area contributed by atoms with Crippen molar-refractivity contribution in [2.45, 2.75) is 32.9 Å². The van der Waals surface area contributed by atoms with Crippen molar-refractivity contribution in [1.82, 2.24) is 14.9 Å². The van der Waals surface area contributed by atoms with E-state index in [9.17, 15) is 9.59 Å². The van der Waals surface area contributed by atoms with Crippen molar-refractivity contribution < 1.29 is 4.79 Å². The highest BCUT2D eigenvalue weighted by Gasteiger charge is 2.28. The molecule has 1 atom stereocenters. The van der Waals surface area contributed by atoms with E-state index in [2.05, 4.69) is 29.6 Å². The maximum absolute atomic E-state index is 13.7. The van der Waals surface area contributed by atoms with Gasteiger partial charge in [-0.25, -0.2) is 4.98 Å². The molecule has 6 nitrogen and oxygen atoms in total. The fraction of sp³-hybridized carbons (Fsp3) is 0.276. The first-order valence-electron chi connectivity index (χ1n) is 12.3. The number of carbonyl (C=O) groups is 1. The fourth-order valence-electron chi connectivity index (χ4n) is 4.78. The number of para-hydroxylation sites is 2. The summed E-state index contributed by atoms with van der Waals surface area (Å²) in [6, 6.07) is 23.4. The van der Waals surface area contributed by atoms with Crippen LogP contribution in [0, 0.1) is 12.8 Å². The number of halogens is 1. The lowest BCUT2D eigenvalue weighted by Gasteiger charge is -2.32. The predicted octanol–water partition coefficient (Wildman–Crippen LogP) is 4.94. The monoisotopic (exact) mass is 500 g/mol. The maximum atomic E-state index is 13.7. The van der Waals surface area contributed by atoms with E-state index >= 15 is 0 Å². The smallest absolute Gasteiger partial charge is 0.294 e. The summed E-state index contributed by atoms with van der Waals surface area (Å²) in [4.78, 5) is 33.4. The van der Waals surface area contributed by atoms with Gasteiger partial charge in [-0.3, -0.25) is 14.2 Å². The average molecular weight is 501 g/mol. The molecule has 184 valence electrons. The van der Waals surface area contributed by atoms with Crippen LogP contribution in [-0.2, 0) is 17.9 Å². The number of amides is 1. The third-order valence-electron chi connectivity index (χ3n) is 6.74. The highest BCUT2D eigenvalue weighted by atomic mass is 35.5. The molecule has 1 saturated heterocycles. The van der Waals surface area contributed by atoms with Crippen LogP contribution in [0.3, 0.4) is 0 Å². The van der Waals surface area contributed by atoms with Crippen molar-refractivity contribution in [1.29, 1.82) is 0 Å². The van der Waals surface area contributed by atoms with Crippen LogP contribution in [0.5, 0.6) is 0 Å². The minimum Gasteiger partial charge on any atom is -0.352 e. The molecule has 0 bridgehead atoms. The number of anilines is 1. The molecule has 4 aromatic rings. The van der Waals surface area contributed by atoms with Gasteiger partial charge in [0.2, 0.25) is 5.91 Å². The molecule has 1 N–H and O–H groups in total. The topological polar surface area (TPSA) is 67.2 Å². The first-order valence-corrected chi connectivity index (χ1v) is 12.7. The van der Waals surface area contributed by atoms with E-state index in [0.29, 0.717) is 37.0 Å². The van der Waals surface area contributed by atoms with Gasteiger partial charge in [0.1, 0.15) is 0 Å². The maximum Gasteiger partial charge on any atom is 0.294 e. The third kappa shape index (κ3) is 5.29. The highest BCUT2D eigenvalue weighted by molar-refractivity contribution is 6.30. The molecule has 1 aliphatic heterocycles. The number of aryl methyl sites for hydroxylation is 1. The Labute approximate surface area is 215 Å². The van der Waals surface area contributed by atoms with Crippen LogP contribution >= 0.6 is 11.6 Å². The Morgan fingerprint density at radius 2 is 1.86 bits per heavy atom. The van der Waals surface area contributed by atoms with Crippen LogP contribution in [0.2, 0.25) is 5.02 Å². The van der Waals surface area contributed by atoms with Gasteiger partial charge < -0.3 is 10.2 Å². The van der Waals surface area contributed by atoms with E-state index in [1.807, 2.05) is 60.4 Å². The Kier molecular flexibility index (Phi) is 7.05. The summed E-state index contributed by atoms with van der Waals surface area (Å²) < 4.78 is 1.80. The third-order valence-corrected chi connectivity index (χ3v) is 6.98. The minimum absolute atomic E-state index is 0.0135. The van der Waals surface area contributed by atoms with Gasteiger partial charge >= 0.3 is 0 Å². The Morgan fingerprint density at radius 1 is 1.06 bits per heavy atom. The van der Waals surface area contributed by atoms with Crippen molar-refractivity contribution in [2.75, 3.05) is 18.0 Å². The Hall–Kier alpha value is -3.64. The molecule has 2 heterocycles. The standard InChI is InChI=1S/C29H29ClN4O2/c1-20-11-13-21(14-12-20)18-34-26-10-3-2-9-25(26)32-27(29(34)36)33-15-5-7-23(19-33)28(35)31-17-22-6-4-8-24(30)16-22/h2-4,6,8-14,16,23H,5,7,15,17-19H2,1H3,(H,31,35). The zero-order valence-corrected chi connectivity index (χ0v) is 21.0. The van der Waals surface area contributed by atoms with Gasteiger partial charge in [-0.1, -0.05) is 65.7 Å². The fourth-order valence-corrected chi connectivity index (χ4v) is 4.99. The summed E-state index contributed by atoms with van der Waals surface area (Å²) in [5.41, 5.74) is 4.64. The SMILES string of the molecule is Cc1ccc(Cn2c(=O)c(N3CCCC(C(=O)NCc4cccc(Cl)c4)C3)nc3ccccc32)cc1. The Bertz CT molecular complexity index is 1450. The zero-order chi connectivity index (χ0) is 25.1.